The Kier molecular flexibility index (Phi) is 5.41. The molecule has 0 saturated heterocycles. The van der Waals surface area contributed by atoms with E-state index in [1.165, 1.54) is 6.07 Å². The van der Waals surface area contributed by atoms with E-state index in [2.05, 4.69) is 0 Å². The van der Waals surface area contributed by atoms with Crippen molar-refractivity contribution in [2.45, 2.75) is 20.0 Å². The summed E-state index contributed by atoms with van der Waals surface area (Å²) in [6.45, 7) is 4.87. The van der Waals surface area contributed by atoms with Crippen molar-refractivity contribution in [2.24, 2.45) is 0 Å². The first-order valence-electron chi connectivity index (χ1n) is 8.11. The molecule has 0 aliphatic carbocycles. The molecule has 0 fully saturated rings. The van der Waals surface area contributed by atoms with Crippen molar-refractivity contribution in [1.29, 1.82) is 0 Å². The van der Waals surface area contributed by atoms with Crippen molar-refractivity contribution in [3.8, 4) is 17.1 Å². The SMILES string of the molecule is CC(C)OCCOc1ccc2oc(-c3ccc(Cl)cc3)cc(=O)c2c1. The summed E-state index contributed by atoms with van der Waals surface area (Å²) in [5.41, 5.74) is 1.20. The van der Waals surface area contributed by atoms with Gasteiger partial charge in [0.2, 0.25) is 0 Å². The molecule has 5 heteroatoms. The normalized spacial score (nSPS) is 11.2. The van der Waals surface area contributed by atoms with Crippen molar-refractivity contribution in [2.75, 3.05) is 13.2 Å². The van der Waals surface area contributed by atoms with Gasteiger partial charge in [-0.25, -0.2) is 0 Å². The van der Waals surface area contributed by atoms with Crippen LogP contribution in [0.2, 0.25) is 5.02 Å². The molecule has 3 aromatic rings. The lowest BCUT2D eigenvalue weighted by molar-refractivity contribution is 0.0553. The number of hydrogen-bond acceptors (Lipinski definition) is 4. The van der Waals surface area contributed by atoms with Gasteiger partial charge in [0, 0.05) is 16.7 Å². The van der Waals surface area contributed by atoms with Crippen LogP contribution in [0.5, 0.6) is 5.75 Å². The second-order valence-corrected chi connectivity index (χ2v) is 6.34. The molecule has 25 heavy (non-hydrogen) atoms. The summed E-state index contributed by atoms with van der Waals surface area (Å²) in [6.07, 6.45) is 0.165. The topological polar surface area (TPSA) is 48.7 Å². The first kappa shape index (κ1) is 17.5. The van der Waals surface area contributed by atoms with Gasteiger partial charge in [-0.15, -0.1) is 0 Å². The maximum atomic E-state index is 12.4. The summed E-state index contributed by atoms with van der Waals surface area (Å²) in [4.78, 5) is 12.4. The molecule has 0 unspecified atom stereocenters. The van der Waals surface area contributed by atoms with Gasteiger partial charge in [-0.2, -0.15) is 0 Å². The fraction of sp³-hybridized carbons (Fsp3) is 0.250. The van der Waals surface area contributed by atoms with E-state index in [1.54, 1.807) is 30.3 Å². The first-order valence-corrected chi connectivity index (χ1v) is 8.49. The summed E-state index contributed by atoms with van der Waals surface area (Å²) in [7, 11) is 0. The second-order valence-electron chi connectivity index (χ2n) is 5.91. The van der Waals surface area contributed by atoms with Gasteiger partial charge in [0.25, 0.3) is 0 Å². The summed E-state index contributed by atoms with van der Waals surface area (Å²) >= 11 is 5.90. The first-order chi connectivity index (χ1) is 12.0. The van der Waals surface area contributed by atoms with E-state index in [0.29, 0.717) is 40.7 Å². The lowest BCUT2D eigenvalue weighted by Gasteiger charge is -2.10. The Morgan fingerprint density at radius 3 is 2.52 bits per heavy atom. The highest BCUT2D eigenvalue weighted by atomic mass is 35.5. The van der Waals surface area contributed by atoms with Crippen molar-refractivity contribution in [3.05, 3.63) is 63.8 Å². The molecule has 1 aromatic heterocycles. The van der Waals surface area contributed by atoms with Crippen LogP contribution < -0.4 is 10.2 Å². The molecule has 1 heterocycles. The quantitative estimate of drug-likeness (QED) is 0.587. The molecule has 130 valence electrons. The van der Waals surface area contributed by atoms with Crippen LogP contribution in [0.1, 0.15) is 13.8 Å². The third-order valence-corrected chi connectivity index (χ3v) is 3.88. The van der Waals surface area contributed by atoms with E-state index in [0.717, 1.165) is 5.56 Å². The Bertz CT molecular complexity index is 913. The van der Waals surface area contributed by atoms with Crippen LogP contribution in [-0.4, -0.2) is 19.3 Å². The number of hydrogen-bond donors (Lipinski definition) is 0. The fourth-order valence-electron chi connectivity index (χ4n) is 2.42. The number of benzene rings is 2. The molecule has 2 aromatic carbocycles. The Hall–Kier alpha value is -2.30. The Balaban J connectivity index is 1.84. The average Bonchev–Trinajstić information content (AvgIpc) is 2.59. The highest BCUT2D eigenvalue weighted by molar-refractivity contribution is 6.30. The maximum absolute atomic E-state index is 12.4. The minimum Gasteiger partial charge on any atom is -0.491 e. The highest BCUT2D eigenvalue weighted by Gasteiger charge is 2.08. The Labute approximate surface area is 150 Å². The Morgan fingerprint density at radius 2 is 1.80 bits per heavy atom. The highest BCUT2D eigenvalue weighted by Crippen LogP contribution is 2.25. The van der Waals surface area contributed by atoms with Crippen molar-refractivity contribution >= 4 is 22.6 Å². The molecular formula is C20H19ClO4. The predicted molar refractivity (Wildman–Crippen MR) is 99.5 cm³/mol. The molecule has 4 nitrogen and oxygen atoms in total. The predicted octanol–water partition coefficient (Wildman–Crippen LogP) is 4.92. The standard InChI is InChI=1S/C20H19ClO4/c1-13(2)23-9-10-24-16-7-8-19-17(11-16)18(22)12-20(25-19)14-3-5-15(21)6-4-14/h3-8,11-13H,9-10H2,1-2H3. The third kappa shape index (κ3) is 4.41. The number of fused-ring (bicyclic) bond motifs is 1. The largest absolute Gasteiger partial charge is 0.491 e. The molecule has 0 spiro atoms. The van der Waals surface area contributed by atoms with Crippen LogP contribution in [0.4, 0.5) is 0 Å². The van der Waals surface area contributed by atoms with Gasteiger partial charge in [-0.1, -0.05) is 11.6 Å². The van der Waals surface area contributed by atoms with E-state index in [9.17, 15) is 4.79 Å². The summed E-state index contributed by atoms with van der Waals surface area (Å²) < 4.78 is 16.9. The monoisotopic (exact) mass is 358 g/mol. The van der Waals surface area contributed by atoms with E-state index in [-0.39, 0.29) is 11.5 Å². The van der Waals surface area contributed by atoms with Crippen molar-refractivity contribution < 1.29 is 13.9 Å². The second kappa shape index (κ2) is 7.72. The molecule has 0 saturated carbocycles. The van der Waals surface area contributed by atoms with E-state index < -0.39 is 0 Å². The molecular weight excluding hydrogens is 340 g/mol. The maximum Gasteiger partial charge on any atom is 0.193 e. The summed E-state index contributed by atoms with van der Waals surface area (Å²) in [5, 5.41) is 1.12. The molecule has 0 amide bonds. The van der Waals surface area contributed by atoms with Gasteiger partial charge < -0.3 is 13.9 Å². The average molecular weight is 359 g/mol. The number of rotatable bonds is 6. The van der Waals surface area contributed by atoms with E-state index in [4.69, 9.17) is 25.5 Å². The number of halogens is 1. The molecule has 0 radical (unpaired) electrons. The Morgan fingerprint density at radius 1 is 1.04 bits per heavy atom. The van der Waals surface area contributed by atoms with Gasteiger partial charge in [0.15, 0.2) is 5.43 Å². The zero-order chi connectivity index (χ0) is 17.8. The van der Waals surface area contributed by atoms with E-state index in [1.807, 2.05) is 26.0 Å². The minimum atomic E-state index is -0.116. The number of ether oxygens (including phenoxy) is 2. The summed E-state index contributed by atoms with van der Waals surface area (Å²) in [5.74, 6) is 1.12. The van der Waals surface area contributed by atoms with Crippen LogP contribution in [0.25, 0.3) is 22.3 Å². The molecule has 0 N–H and O–H groups in total. The van der Waals surface area contributed by atoms with Crippen LogP contribution in [-0.2, 0) is 4.74 Å². The molecule has 0 aliphatic rings. The minimum absolute atomic E-state index is 0.116. The molecule has 0 aliphatic heterocycles. The van der Waals surface area contributed by atoms with Crippen molar-refractivity contribution in [1.82, 2.24) is 0 Å². The van der Waals surface area contributed by atoms with Crippen LogP contribution in [0.3, 0.4) is 0 Å². The van der Waals surface area contributed by atoms with Crippen LogP contribution >= 0.6 is 11.6 Å². The van der Waals surface area contributed by atoms with Gasteiger partial charge in [0.05, 0.1) is 18.1 Å². The van der Waals surface area contributed by atoms with Gasteiger partial charge in [-0.3, -0.25) is 4.79 Å². The van der Waals surface area contributed by atoms with Crippen molar-refractivity contribution in [3.63, 3.8) is 0 Å². The van der Waals surface area contributed by atoms with Gasteiger partial charge in [-0.05, 0) is 56.3 Å². The third-order valence-electron chi connectivity index (χ3n) is 3.63. The van der Waals surface area contributed by atoms with Gasteiger partial charge >= 0.3 is 0 Å². The lowest BCUT2D eigenvalue weighted by atomic mass is 10.1. The molecule has 3 rings (SSSR count). The van der Waals surface area contributed by atoms with Gasteiger partial charge in [0.1, 0.15) is 23.7 Å². The zero-order valence-corrected chi connectivity index (χ0v) is 14.9. The summed E-state index contributed by atoms with van der Waals surface area (Å²) in [6, 6.07) is 13.9. The molecule has 0 bridgehead atoms. The lowest BCUT2D eigenvalue weighted by Crippen LogP contribution is -2.11. The van der Waals surface area contributed by atoms with Crippen LogP contribution in [0, 0.1) is 0 Å². The zero-order valence-electron chi connectivity index (χ0n) is 14.1. The smallest absolute Gasteiger partial charge is 0.193 e. The molecule has 0 atom stereocenters. The van der Waals surface area contributed by atoms with E-state index >= 15 is 0 Å². The van der Waals surface area contributed by atoms with Crippen LogP contribution in [0.15, 0.2) is 57.7 Å². The fourth-order valence-corrected chi connectivity index (χ4v) is 2.55.